The predicted octanol–water partition coefficient (Wildman–Crippen LogP) is 11.3. The lowest BCUT2D eigenvalue weighted by Gasteiger charge is -2.35. The van der Waals surface area contributed by atoms with E-state index < -0.39 is 5.41 Å². The molecule has 7 aromatic rings. The maximum Gasteiger partial charge on any atom is 0.138 e. The van der Waals surface area contributed by atoms with Crippen LogP contribution in [0.15, 0.2) is 168 Å². The Labute approximate surface area is 301 Å². The number of aryl methyl sites for hydroxylation is 1. The monoisotopic (exact) mass is 661 g/mol. The van der Waals surface area contributed by atoms with Gasteiger partial charge in [0.05, 0.1) is 11.1 Å². The first-order valence-corrected chi connectivity index (χ1v) is 18.2. The minimum absolute atomic E-state index is 0.562. The van der Waals surface area contributed by atoms with Crippen molar-refractivity contribution in [2.75, 3.05) is 4.90 Å². The Hall–Kier alpha value is -5.86. The van der Waals surface area contributed by atoms with Crippen LogP contribution in [0.1, 0.15) is 60.8 Å². The summed E-state index contributed by atoms with van der Waals surface area (Å²) >= 11 is 0. The van der Waals surface area contributed by atoms with Gasteiger partial charge in [-0.1, -0.05) is 160 Å². The first-order valence-electron chi connectivity index (χ1n) is 18.2. The van der Waals surface area contributed by atoms with Crippen LogP contribution in [0.3, 0.4) is 0 Å². The number of anilines is 3. The maximum atomic E-state index is 6.73. The molecule has 0 radical (unpaired) electrons. The molecule has 1 aromatic heterocycles. The molecule has 0 fully saturated rings. The molecule has 51 heavy (non-hydrogen) atoms. The number of hydrogen-bond donors (Lipinski definition) is 0. The van der Waals surface area contributed by atoms with Gasteiger partial charge in [0.1, 0.15) is 11.2 Å². The van der Waals surface area contributed by atoms with Gasteiger partial charge in [0, 0.05) is 34.0 Å². The highest BCUT2D eigenvalue weighted by molar-refractivity contribution is 5.98. The van der Waals surface area contributed by atoms with Gasteiger partial charge in [0.15, 0.2) is 0 Å². The number of para-hydroxylation sites is 1. The zero-order chi connectivity index (χ0) is 34.8. The Morgan fingerprint density at radius 1 is 0.627 bits per heavy atom. The maximum absolute atomic E-state index is 6.73. The Morgan fingerprint density at radius 3 is 2.04 bits per heavy atom. The minimum Gasteiger partial charge on any atom is -0.460 e. The van der Waals surface area contributed by atoms with E-state index in [4.69, 9.17) is 4.42 Å². The topological polar surface area (TPSA) is 16.4 Å². The molecule has 0 aliphatic heterocycles. The van der Waals surface area contributed by atoms with Gasteiger partial charge in [-0.3, -0.25) is 0 Å². The van der Waals surface area contributed by atoms with Crippen molar-refractivity contribution in [1.82, 2.24) is 0 Å². The van der Waals surface area contributed by atoms with Crippen LogP contribution in [-0.4, -0.2) is 0 Å². The first-order chi connectivity index (χ1) is 25.1. The second-order valence-corrected chi connectivity index (χ2v) is 13.4. The van der Waals surface area contributed by atoms with E-state index in [1.165, 1.54) is 49.4 Å². The molecule has 1 heterocycles. The third kappa shape index (κ3) is 5.62. The van der Waals surface area contributed by atoms with Crippen molar-refractivity contribution >= 4 is 39.5 Å². The standard InChI is InChI=1S/C49H43NO/c1-4-18-43-44-27-17-34-49(37-21-8-6-9-22-37,45-28-15-14-25-41(45)35(3)48(44)51-47(43)5-2)38-30-32-40(33-31-38)50(39-23-10-7-11-24-39)46-29-16-20-36-19-12-13-26-42(36)46/h6-17,19-34H,4-5,18H2,1-3H3/b34-17+,44-27-,48-35-. The van der Waals surface area contributed by atoms with Gasteiger partial charge in [-0.15, -0.1) is 0 Å². The SMILES string of the molecule is CCCc1c(CC)oc2/c1=C\C=C\C(c1ccccc1)(c1ccc(N(c3ccccc3)c3cccc4ccccc34)cc1)c1ccccc1/C=2C. The molecule has 1 aliphatic carbocycles. The molecule has 0 saturated carbocycles. The molecule has 1 unspecified atom stereocenters. The van der Waals surface area contributed by atoms with Crippen LogP contribution in [0, 0.1) is 0 Å². The van der Waals surface area contributed by atoms with Gasteiger partial charge >= 0.3 is 0 Å². The molecule has 0 N–H and O–H groups in total. The van der Waals surface area contributed by atoms with Crippen molar-refractivity contribution in [2.45, 2.75) is 45.4 Å². The summed E-state index contributed by atoms with van der Waals surface area (Å²) in [5.74, 6) is 1.10. The van der Waals surface area contributed by atoms with E-state index in [2.05, 4.69) is 196 Å². The van der Waals surface area contributed by atoms with Crippen molar-refractivity contribution in [3.8, 4) is 0 Å². The number of nitrogens with zero attached hydrogens (tertiary/aromatic N) is 1. The van der Waals surface area contributed by atoms with E-state index in [1.807, 2.05) is 0 Å². The summed E-state index contributed by atoms with van der Waals surface area (Å²) in [6, 6.07) is 55.0. The van der Waals surface area contributed by atoms with E-state index >= 15 is 0 Å². The Morgan fingerprint density at radius 2 is 1.27 bits per heavy atom. The minimum atomic E-state index is -0.562. The highest BCUT2D eigenvalue weighted by atomic mass is 16.3. The fourth-order valence-corrected chi connectivity index (χ4v) is 8.10. The lowest BCUT2D eigenvalue weighted by Crippen LogP contribution is -2.29. The quantitative estimate of drug-likeness (QED) is 0.161. The third-order valence-electron chi connectivity index (χ3n) is 10.5. The van der Waals surface area contributed by atoms with Crippen molar-refractivity contribution < 1.29 is 4.42 Å². The zero-order valence-electron chi connectivity index (χ0n) is 29.6. The Bertz CT molecular complexity index is 2470. The lowest BCUT2D eigenvalue weighted by molar-refractivity contribution is 0.479. The van der Waals surface area contributed by atoms with Crippen molar-refractivity contribution in [3.63, 3.8) is 0 Å². The van der Waals surface area contributed by atoms with Crippen molar-refractivity contribution in [1.29, 1.82) is 0 Å². The van der Waals surface area contributed by atoms with E-state index in [-0.39, 0.29) is 0 Å². The number of furan rings is 1. The van der Waals surface area contributed by atoms with Gasteiger partial charge in [0.25, 0.3) is 0 Å². The molecule has 2 nitrogen and oxygen atoms in total. The predicted molar refractivity (Wildman–Crippen MR) is 215 cm³/mol. The molecule has 0 spiro atoms. The summed E-state index contributed by atoms with van der Waals surface area (Å²) in [6.45, 7) is 6.68. The van der Waals surface area contributed by atoms with Gasteiger partial charge in [-0.25, -0.2) is 0 Å². The molecule has 1 atom stereocenters. The third-order valence-corrected chi connectivity index (χ3v) is 10.5. The smallest absolute Gasteiger partial charge is 0.138 e. The number of allylic oxidation sites excluding steroid dienone is 2. The Balaban J connectivity index is 1.37. The van der Waals surface area contributed by atoms with Crippen LogP contribution in [0.2, 0.25) is 0 Å². The van der Waals surface area contributed by atoms with Gasteiger partial charge in [0.2, 0.25) is 0 Å². The summed E-state index contributed by atoms with van der Waals surface area (Å²) in [5, 5.41) is 3.65. The summed E-state index contributed by atoms with van der Waals surface area (Å²) in [6.07, 6.45) is 9.94. The molecule has 8 rings (SSSR count). The molecule has 250 valence electrons. The van der Waals surface area contributed by atoms with Crippen LogP contribution < -0.4 is 15.5 Å². The lowest BCUT2D eigenvalue weighted by atomic mass is 9.67. The molecule has 2 heteroatoms. The molecule has 6 aromatic carbocycles. The van der Waals surface area contributed by atoms with Crippen molar-refractivity contribution in [3.05, 3.63) is 208 Å². The van der Waals surface area contributed by atoms with Crippen molar-refractivity contribution in [2.24, 2.45) is 0 Å². The first kappa shape index (κ1) is 32.4. The average molecular weight is 662 g/mol. The largest absolute Gasteiger partial charge is 0.460 e. The fourth-order valence-electron chi connectivity index (χ4n) is 8.10. The van der Waals surface area contributed by atoms with E-state index in [1.54, 1.807) is 0 Å². The summed E-state index contributed by atoms with van der Waals surface area (Å²) in [7, 11) is 0. The van der Waals surface area contributed by atoms with Gasteiger partial charge in [-0.2, -0.15) is 0 Å². The highest BCUT2D eigenvalue weighted by Crippen LogP contribution is 2.45. The van der Waals surface area contributed by atoms with Gasteiger partial charge < -0.3 is 9.32 Å². The number of rotatable bonds is 8. The van der Waals surface area contributed by atoms with Crippen LogP contribution in [0.25, 0.3) is 22.4 Å². The molecule has 1 aliphatic rings. The average Bonchev–Trinajstić information content (AvgIpc) is 3.56. The summed E-state index contributed by atoms with van der Waals surface area (Å²) in [4.78, 5) is 2.37. The fraction of sp³-hybridized carbons (Fsp3) is 0.143. The highest BCUT2D eigenvalue weighted by Gasteiger charge is 2.36. The molecule has 0 saturated heterocycles. The molecular weight excluding hydrogens is 619 g/mol. The Kier molecular flexibility index (Phi) is 8.76. The van der Waals surface area contributed by atoms with Crippen LogP contribution >= 0.6 is 0 Å². The number of fused-ring (bicyclic) bond motifs is 3. The molecule has 0 bridgehead atoms. The van der Waals surface area contributed by atoms with Gasteiger partial charge in [-0.05, 0) is 76.9 Å². The van der Waals surface area contributed by atoms with E-state index in [0.29, 0.717) is 0 Å². The van der Waals surface area contributed by atoms with Crippen LogP contribution in [0.4, 0.5) is 17.1 Å². The second kappa shape index (κ2) is 13.8. The van der Waals surface area contributed by atoms with Crippen LogP contribution in [-0.2, 0) is 18.3 Å². The normalized spacial score (nSPS) is 17.7. The summed E-state index contributed by atoms with van der Waals surface area (Å²) < 4.78 is 6.73. The van der Waals surface area contributed by atoms with E-state index in [0.717, 1.165) is 47.5 Å². The molecule has 0 amide bonds. The number of benzene rings is 6. The van der Waals surface area contributed by atoms with E-state index in [9.17, 15) is 0 Å². The molecular formula is C49H43NO. The number of hydrogen-bond acceptors (Lipinski definition) is 2. The summed E-state index contributed by atoms with van der Waals surface area (Å²) in [5.41, 5.74) is 11.2. The second-order valence-electron chi connectivity index (χ2n) is 13.4. The zero-order valence-corrected chi connectivity index (χ0v) is 29.6. The van der Waals surface area contributed by atoms with Crippen LogP contribution in [0.5, 0.6) is 0 Å².